The van der Waals surface area contributed by atoms with E-state index in [-0.39, 0.29) is 24.1 Å². The molecule has 0 saturated carbocycles. The fraction of sp³-hybridized carbons (Fsp3) is 0.562. The van der Waals surface area contributed by atoms with Gasteiger partial charge >= 0.3 is 12.0 Å². The van der Waals surface area contributed by atoms with Crippen LogP contribution in [-0.4, -0.2) is 68.1 Å². The number of aromatic amines is 1. The summed E-state index contributed by atoms with van der Waals surface area (Å²) >= 11 is 0. The van der Waals surface area contributed by atoms with Crippen LogP contribution in [0.5, 0.6) is 0 Å². The van der Waals surface area contributed by atoms with Gasteiger partial charge in [-0.1, -0.05) is 0 Å². The van der Waals surface area contributed by atoms with Crippen LogP contribution in [0.25, 0.3) is 0 Å². The number of carbonyl (C=O) groups excluding carboxylic acids is 3. The third-order valence-corrected chi connectivity index (χ3v) is 3.62. The second-order valence-corrected chi connectivity index (χ2v) is 5.29. The largest absolute Gasteiger partial charge is 0.464 e. The Balaban J connectivity index is 3.01. The lowest BCUT2D eigenvalue weighted by Gasteiger charge is -2.22. The van der Waals surface area contributed by atoms with Gasteiger partial charge in [-0.2, -0.15) is 0 Å². The van der Waals surface area contributed by atoms with E-state index in [9.17, 15) is 14.4 Å². The number of ether oxygens (including phenoxy) is 2. The number of H-pyrrole nitrogens is 1. The molecule has 0 aromatic carbocycles. The Bertz CT molecular complexity index is 609. The molecular weight excluding hydrogens is 314 g/mol. The van der Waals surface area contributed by atoms with Crippen LogP contribution in [0.2, 0.25) is 0 Å². The minimum absolute atomic E-state index is 0.102. The van der Waals surface area contributed by atoms with Crippen LogP contribution in [0.1, 0.15) is 39.0 Å². The molecule has 0 radical (unpaired) electrons. The first-order chi connectivity index (χ1) is 11.4. The molecule has 0 aliphatic carbocycles. The number of hydrogen-bond acceptors (Lipinski definition) is 5. The Morgan fingerprint density at radius 3 is 2.42 bits per heavy atom. The molecule has 0 bridgehead atoms. The summed E-state index contributed by atoms with van der Waals surface area (Å²) in [5, 5.41) is 2.67. The number of nitrogens with one attached hydrogen (secondary N) is 2. The fourth-order valence-electron chi connectivity index (χ4n) is 2.44. The number of esters is 1. The van der Waals surface area contributed by atoms with E-state index in [0.717, 1.165) is 0 Å². The molecule has 1 heterocycles. The summed E-state index contributed by atoms with van der Waals surface area (Å²) in [5.74, 6) is -0.784. The third-order valence-electron chi connectivity index (χ3n) is 3.62. The maximum atomic E-state index is 12.7. The third kappa shape index (κ3) is 4.58. The summed E-state index contributed by atoms with van der Waals surface area (Å²) < 4.78 is 9.68. The average molecular weight is 339 g/mol. The van der Waals surface area contributed by atoms with Crippen LogP contribution < -0.4 is 5.32 Å². The molecule has 0 aliphatic heterocycles. The zero-order valence-corrected chi connectivity index (χ0v) is 14.8. The van der Waals surface area contributed by atoms with E-state index in [2.05, 4.69) is 10.3 Å². The van der Waals surface area contributed by atoms with E-state index in [4.69, 9.17) is 9.47 Å². The molecule has 0 atom stereocenters. The number of aromatic nitrogens is 1. The molecule has 134 valence electrons. The van der Waals surface area contributed by atoms with Gasteiger partial charge < -0.3 is 24.7 Å². The summed E-state index contributed by atoms with van der Waals surface area (Å²) in [7, 11) is 2.81. The molecule has 1 aromatic rings. The van der Waals surface area contributed by atoms with E-state index in [0.29, 0.717) is 36.5 Å². The van der Waals surface area contributed by atoms with Crippen LogP contribution in [0.15, 0.2) is 0 Å². The molecule has 0 aliphatic rings. The van der Waals surface area contributed by atoms with Gasteiger partial charge in [0.2, 0.25) is 0 Å². The first kappa shape index (κ1) is 19.7. The minimum Gasteiger partial charge on any atom is -0.464 e. The number of ketones is 1. The van der Waals surface area contributed by atoms with E-state index in [1.807, 2.05) is 0 Å². The summed E-state index contributed by atoms with van der Waals surface area (Å²) in [6.07, 6.45) is 0. The molecule has 2 N–H and O–H groups in total. The van der Waals surface area contributed by atoms with Crippen molar-refractivity contribution in [1.82, 2.24) is 15.2 Å². The molecule has 0 saturated heterocycles. The Kier molecular flexibility index (Phi) is 7.44. The van der Waals surface area contributed by atoms with Gasteiger partial charge in [-0.25, -0.2) is 9.59 Å². The molecule has 1 rings (SSSR count). The van der Waals surface area contributed by atoms with Crippen LogP contribution in [0, 0.1) is 13.8 Å². The van der Waals surface area contributed by atoms with Crippen LogP contribution in [0.3, 0.4) is 0 Å². The quantitative estimate of drug-likeness (QED) is 0.549. The van der Waals surface area contributed by atoms with Crippen molar-refractivity contribution < 1.29 is 23.9 Å². The van der Waals surface area contributed by atoms with Gasteiger partial charge in [0.05, 0.1) is 20.3 Å². The summed E-state index contributed by atoms with van der Waals surface area (Å²) in [6.45, 7) is 6.16. The standard InChI is InChI=1S/C16H25N3O5/c1-6-17-16(22)19(7-8-23-4)9-12(20)13-10(2)14(15(21)24-5)18-11(13)3/h18H,6-9H2,1-5H3,(H,17,22). The Hall–Kier alpha value is -2.35. The Morgan fingerprint density at radius 1 is 1.21 bits per heavy atom. The van der Waals surface area contributed by atoms with Crippen molar-refractivity contribution in [2.45, 2.75) is 20.8 Å². The summed E-state index contributed by atoms with van der Waals surface area (Å²) in [4.78, 5) is 40.7. The lowest BCUT2D eigenvalue weighted by molar-refractivity contribution is 0.0593. The number of hydrogen-bond donors (Lipinski definition) is 2. The van der Waals surface area contributed by atoms with Gasteiger partial charge in [0, 0.05) is 31.5 Å². The Labute approximate surface area is 141 Å². The smallest absolute Gasteiger partial charge is 0.354 e. The molecule has 0 unspecified atom stereocenters. The topological polar surface area (TPSA) is 101 Å². The predicted octanol–water partition coefficient (Wildman–Crippen LogP) is 1.28. The SMILES string of the molecule is CCNC(=O)N(CCOC)CC(=O)c1c(C)[nH]c(C(=O)OC)c1C. The number of nitrogens with zero attached hydrogens (tertiary/aromatic N) is 1. The number of carbonyl (C=O) groups is 3. The summed E-state index contributed by atoms with van der Waals surface area (Å²) in [5.41, 5.74) is 1.74. The number of amides is 2. The first-order valence-corrected chi connectivity index (χ1v) is 7.69. The van der Waals surface area contributed by atoms with Crippen LogP contribution >= 0.6 is 0 Å². The zero-order chi connectivity index (χ0) is 18.3. The molecule has 2 amide bonds. The molecule has 0 spiro atoms. The zero-order valence-electron chi connectivity index (χ0n) is 14.8. The van der Waals surface area contributed by atoms with Gasteiger partial charge in [0.1, 0.15) is 5.69 Å². The second kappa shape index (κ2) is 9.07. The molecule has 8 heteroatoms. The van der Waals surface area contributed by atoms with Gasteiger partial charge in [0.15, 0.2) is 5.78 Å². The summed E-state index contributed by atoms with van der Waals surface area (Å²) in [6, 6.07) is -0.332. The highest BCUT2D eigenvalue weighted by atomic mass is 16.5. The van der Waals surface area contributed by atoms with E-state index in [1.165, 1.54) is 19.1 Å². The lowest BCUT2D eigenvalue weighted by Crippen LogP contribution is -2.44. The minimum atomic E-state index is -0.533. The van der Waals surface area contributed by atoms with Crippen molar-refractivity contribution in [2.24, 2.45) is 0 Å². The van der Waals surface area contributed by atoms with Crippen molar-refractivity contribution >= 4 is 17.8 Å². The number of rotatable bonds is 8. The monoisotopic (exact) mass is 339 g/mol. The number of aryl methyl sites for hydroxylation is 1. The maximum Gasteiger partial charge on any atom is 0.354 e. The fourth-order valence-corrected chi connectivity index (χ4v) is 2.44. The molecule has 24 heavy (non-hydrogen) atoms. The van der Waals surface area contributed by atoms with Gasteiger partial charge in [-0.05, 0) is 26.3 Å². The van der Waals surface area contributed by atoms with E-state index in [1.54, 1.807) is 20.8 Å². The maximum absolute atomic E-state index is 12.7. The van der Waals surface area contributed by atoms with E-state index < -0.39 is 5.97 Å². The Morgan fingerprint density at radius 2 is 1.88 bits per heavy atom. The number of methoxy groups -OCH3 is 2. The number of urea groups is 1. The van der Waals surface area contributed by atoms with Crippen LogP contribution in [0.4, 0.5) is 4.79 Å². The van der Waals surface area contributed by atoms with E-state index >= 15 is 0 Å². The average Bonchev–Trinajstić information content (AvgIpc) is 2.85. The number of Topliss-reactive ketones (excluding diaryl/α,β-unsaturated/α-hetero) is 1. The van der Waals surface area contributed by atoms with Gasteiger partial charge in [-0.3, -0.25) is 4.79 Å². The van der Waals surface area contributed by atoms with Crippen molar-refractivity contribution in [1.29, 1.82) is 0 Å². The molecule has 0 fully saturated rings. The molecular formula is C16H25N3O5. The lowest BCUT2D eigenvalue weighted by atomic mass is 10.1. The van der Waals surface area contributed by atoms with Gasteiger partial charge in [0.25, 0.3) is 0 Å². The highest BCUT2D eigenvalue weighted by molar-refractivity contribution is 6.04. The van der Waals surface area contributed by atoms with Crippen molar-refractivity contribution in [3.05, 3.63) is 22.5 Å². The van der Waals surface area contributed by atoms with Crippen molar-refractivity contribution in [3.8, 4) is 0 Å². The highest BCUT2D eigenvalue weighted by Gasteiger charge is 2.25. The van der Waals surface area contributed by atoms with Crippen molar-refractivity contribution in [2.75, 3.05) is 40.5 Å². The molecule has 8 nitrogen and oxygen atoms in total. The molecule has 1 aromatic heterocycles. The highest BCUT2D eigenvalue weighted by Crippen LogP contribution is 2.19. The predicted molar refractivity (Wildman–Crippen MR) is 88.5 cm³/mol. The first-order valence-electron chi connectivity index (χ1n) is 7.69. The second-order valence-electron chi connectivity index (χ2n) is 5.29. The van der Waals surface area contributed by atoms with Crippen LogP contribution in [-0.2, 0) is 9.47 Å². The normalized spacial score (nSPS) is 10.4. The van der Waals surface area contributed by atoms with Crippen molar-refractivity contribution in [3.63, 3.8) is 0 Å². The van der Waals surface area contributed by atoms with Gasteiger partial charge in [-0.15, -0.1) is 0 Å².